The minimum absolute atomic E-state index is 0.105. The molecule has 6 nitrogen and oxygen atoms in total. The number of rotatable bonds is 5. The Morgan fingerprint density at radius 3 is 2.86 bits per heavy atom. The van der Waals surface area contributed by atoms with Gasteiger partial charge in [-0.3, -0.25) is 9.48 Å². The smallest absolute Gasteiger partial charge is 0.247 e. The molecule has 0 radical (unpaired) electrons. The molecular weight excluding hydrogens is 414 g/mol. The summed E-state index contributed by atoms with van der Waals surface area (Å²) in [5, 5.41) is 11.3. The number of anilines is 1. The van der Waals surface area contributed by atoms with Crippen molar-refractivity contribution in [2.45, 2.75) is 20.4 Å². The monoisotopic (exact) mass is 429 g/mol. The number of amides is 1. The van der Waals surface area contributed by atoms with Crippen LogP contribution in [0.2, 0.25) is 5.02 Å². The Labute approximate surface area is 174 Å². The van der Waals surface area contributed by atoms with Gasteiger partial charge in [-0.05, 0) is 31.5 Å². The lowest BCUT2D eigenvalue weighted by Gasteiger charge is -2.02. The van der Waals surface area contributed by atoms with Gasteiger partial charge in [0.15, 0.2) is 5.13 Å². The topological polar surface area (TPSA) is 72.7 Å². The maximum absolute atomic E-state index is 12.4. The number of nitrogens with zero attached hydrogens (tertiary/aromatic N) is 4. The van der Waals surface area contributed by atoms with Gasteiger partial charge in [-0.2, -0.15) is 5.10 Å². The highest BCUT2D eigenvalue weighted by Crippen LogP contribution is 2.32. The van der Waals surface area contributed by atoms with Crippen LogP contribution in [0.15, 0.2) is 42.0 Å². The molecule has 1 N–H and O–H groups in total. The van der Waals surface area contributed by atoms with Crippen LogP contribution in [-0.4, -0.2) is 25.7 Å². The second-order valence-corrected chi connectivity index (χ2v) is 8.67. The summed E-state index contributed by atoms with van der Waals surface area (Å²) in [5.41, 5.74) is 3.66. The average molecular weight is 430 g/mol. The summed E-state index contributed by atoms with van der Waals surface area (Å²) < 4.78 is 1.59. The van der Waals surface area contributed by atoms with Crippen LogP contribution < -0.4 is 5.32 Å². The second-order valence-electron chi connectivity index (χ2n) is 6.17. The predicted octanol–water partition coefficient (Wildman–Crippen LogP) is 5.04. The van der Waals surface area contributed by atoms with Crippen molar-refractivity contribution < 1.29 is 4.79 Å². The molecule has 4 aromatic rings. The fourth-order valence-electron chi connectivity index (χ4n) is 2.78. The molecule has 0 atom stereocenters. The summed E-state index contributed by atoms with van der Waals surface area (Å²) in [7, 11) is 0. The third-order valence-corrected chi connectivity index (χ3v) is 6.07. The Bertz CT molecular complexity index is 1150. The average Bonchev–Trinajstić information content (AvgIpc) is 3.35. The summed E-state index contributed by atoms with van der Waals surface area (Å²) in [6.07, 6.45) is 3.54. The van der Waals surface area contributed by atoms with Crippen LogP contribution in [-0.2, 0) is 11.3 Å². The van der Waals surface area contributed by atoms with E-state index >= 15 is 0 Å². The Morgan fingerprint density at radius 1 is 1.25 bits per heavy atom. The first-order chi connectivity index (χ1) is 13.5. The molecule has 28 heavy (non-hydrogen) atoms. The summed E-state index contributed by atoms with van der Waals surface area (Å²) in [6, 6.07) is 7.52. The normalized spacial score (nSPS) is 11.0. The molecule has 0 bridgehead atoms. The molecule has 0 spiro atoms. The molecule has 3 aromatic heterocycles. The fourth-order valence-corrected chi connectivity index (χ4v) is 4.64. The quantitative estimate of drug-likeness (QED) is 0.482. The first-order valence-electron chi connectivity index (χ1n) is 8.46. The number of carbonyl (C=O) groups is 1. The molecule has 1 amide bonds. The summed E-state index contributed by atoms with van der Waals surface area (Å²) >= 11 is 9.03. The first kappa shape index (κ1) is 18.8. The molecule has 142 valence electrons. The van der Waals surface area contributed by atoms with E-state index in [9.17, 15) is 4.79 Å². The maximum atomic E-state index is 12.4. The second kappa shape index (κ2) is 7.83. The highest BCUT2D eigenvalue weighted by molar-refractivity contribution is 7.16. The van der Waals surface area contributed by atoms with E-state index < -0.39 is 0 Å². The standard InChI is InChI=1S/C19H16ClN5OS2/c1-11-18(28-12(2)22-11)16-10-27-19(23-16)24-17(26)9-25-8-14(7-21-25)13-4-3-5-15(20)6-13/h3-8,10H,9H2,1-2H3,(H,23,24,26). The van der Waals surface area contributed by atoms with Gasteiger partial charge in [0.25, 0.3) is 0 Å². The van der Waals surface area contributed by atoms with Gasteiger partial charge >= 0.3 is 0 Å². The largest absolute Gasteiger partial charge is 0.300 e. The molecule has 0 aliphatic rings. The van der Waals surface area contributed by atoms with Crippen LogP contribution in [0, 0.1) is 13.8 Å². The number of aromatic nitrogens is 4. The third kappa shape index (κ3) is 4.14. The predicted molar refractivity (Wildman–Crippen MR) is 114 cm³/mol. The van der Waals surface area contributed by atoms with Gasteiger partial charge in [-0.15, -0.1) is 22.7 Å². The summed E-state index contributed by atoms with van der Waals surface area (Å²) in [5.74, 6) is -0.182. The molecular formula is C19H16ClN5OS2. The van der Waals surface area contributed by atoms with E-state index in [1.165, 1.54) is 11.3 Å². The van der Waals surface area contributed by atoms with E-state index in [1.54, 1.807) is 22.2 Å². The van der Waals surface area contributed by atoms with Crippen molar-refractivity contribution in [1.82, 2.24) is 19.7 Å². The van der Waals surface area contributed by atoms with Crippen LogP contribution in [0.3, 0.4) is 0 Å². The Hall–Kier alpha value is -2.55. The molecule has 0 saturated heterocycles. The number of benzene rings is 1. The van der Waals surface area contributed by atoms with Crippen LogP contribution in [0.5, 0.6) is 0 Å². The number of aryl methyl sites for hydroxylation is 2. The number of nitrogens with one attached hydrogen (secondary N) is 1. The Morgan fingerprint density at radius 2 is 2.11 bits per heavy atom. The van der Waals surface area contributed by atoms with E-state index in [0.717, 1.165) is 32.4 Å². The van der Waals surface area contributed by atoms with Crippen LogP contribution >= 0.6 is 34.3 Å². The van der Waals surface area contributed by atoms with Gasteiger partial charge in [-0.1, -0.05) is 23.7 Å². The van der Waals surface area contributed by atoms with E-state index in [-0.39, 0.29) is 12.5 Å². The highest BCUT2D eigenvalue weighted by Gasteiger charge is 2.13. The van der Waals surface area contributed by atoms with Gasteiger partial charge in [0.05, 0.1) is 27.5 Å². The number of thiazole rings is 2. The molecule has 3 heterocycles. The molecule has 0 saturated carbocycles. The van der Waals surface area contributed by atoms with Crippen molar-refractivity contribution in [3.8, 4) is 21.7 Å². The third-order valence-electron chi connectivity index (χ3n) is 3.98. The fraction of sp³-hybridized carbons (Fsp3) is 0.158. The minimum atomic E-state index is -0.182. The molecule has 4 rings (SSSR count). The van der Waals surface area contributed by atoms with Crippen LogP contribution in [0.25, 0.3) is 21.7 Å². The van der Waals surface area contributed by atoms with Crippen LogP contribution in [0.1, 0.15) is 10.7 Å². The lowest BCUT2D eigenvalue weighted by molar-refractivity contribution is -0.116. The Kier molecular flexibility index (Phi) is 5.25. The van der Waals surface area contributed by atoms with Gasteiger partial charge < -0.3 is 5.32 Å². The molecule has 9 heteroatoms. The number of hydrogen-bond acceptors (Lipinski definition) is 6. The van der Waals surface area contributed by atoms with Crippen molar-refractivity contribution in [1.29, 1.82) is 0 Å². The van der Waals surface area contributed by atoms with Gasteiger partial charge in [0.2, 0.25) is 5.91 Å². The van der Waals surface area contributed by atoms with E-state index in [0.29, 0.717) is 10.2 Å². The van der Waals surface area contributed by atoms with Crippen LogP contribution in [0.4, 0.5) is 5.13 Å². The van der Waals surface area contributed by atoms with E-state index in [1.807, 2.05) is 49.7 Å². The maximum Gasteiger partial charge on any atom is 0.247 e. The lowest BCUT2D eigenvalue weighted by Crippen LogP contribution is -2.18. The zero-order chi connectivity index (χ0) is 19.7. The van der Waals surface area contributed by atoms with Crippen molar-refractivity contribution in [3.63, 3.8) is 0 Å². The molecule has 0 aliphatic heterocycles. The van der Waals surface area contributed by atoms with Gasteiger partial charge in [-0.25, -0.2) is 9.97 Å². The molecule has 0 aliphatic carbocycles. The summed E-state index contributed by atoms with van der Waals surface area (Å²) in [6.45, 7) is 4.04. The highest BCUT2D eigenvalue weighted by atomic mass is 35.5. The van der Waals surface area contributed by atoms with Gasteiger partial charge in [0.1, 0.15) is 6.54 Å². The molecule has 0 fully saturated rings. The molecule has 0 unspecified atom stereocenters. The van der Waals surface area contributed by atoms with E-state index in [2.05, 4.69) is 20.4 Å². The Balaban J connectivity index is 1.42. The van der Waals surface area contributed by atoms with Crippen molar-refractivity contribution in [2.75, 3.05) is 5.32 Å². The zero-order valence-corrected chi connectivity index (χ0v) is 17.5. The van der Waals surface area contributed by atoms with Gasteiger partial charge in [0, 0.05) is 22.2 Å². The first-order valence-corrected chi connectivity index (χ1v) is 10.5. The SMILES string of the molecule is Cc1nc(C)c(-c2csc(NC(=O)Cn3cc(-c4cccc(Cl)c4)cn3)n2)s1. The number of carbonyl (C=O) groups excluding carboxylic acids is 1. The van der Waals surface area contributed by atoms with Crippen molar-refractivity contribution >= 4 is 45.3 Å². The lowest BCUT2D eigenvalue weighted by atomic mass is 10.1. The van der Waals surface area contributed by atoms with E-state index in [4.69, 9.17) is 11.6 Å². The minimum Gasteiger partial charge on any atom is -0.300 e. The summed E-state index contributed by atoms with van der Waals surface area (Å²) in [4.78, 5) is 22.3. The van der Waals surface area contributed by atoms with Crippen molar-refractivity contribution in [2.24, 2.45) is 0 Å². The number of hydrogen-bond donors (Lipinski definition) is 1. The zero-order valence-electron chi connectivity index (χ0n) is 15.1. The van der Waals surface area contributed by atoms with Crippen molar-refractivity contribution in [3.05, 3.63) is 57.8 Å². The number of halogens is 1. The molecule has 1 aromatic carbocycles.